The third-order valence-corrected chi connectivity index (χ3v) is 4.84. The molecule has 0 amide bonds. The van der Waals surface area contributed by atoms with Crippen LogP contribution >= 0.6 is 11.6 Å². The lowest BCUT2D eigenvalue weighted by atomic mass is 9.96. The third-order valence-electron chi connectivity index (χ3n) is 4.55. The number of rotatable bonds is 3. The molecule has 0 N–H and O–H groups in total. The summed E-state index contributed by atoms with van der Waals surface area (Å²) in [5.41, 5.74) is 4.85. The smallest absolute Gasteiger partial charge is 0.176 e. The van der Waals surface area contributed by atoms with Crippen LogP contribution in [-0.2, 0) is 4.79 Å². The summed E-state index contributed by atoms with van der Waals surface area (Å²) in [5, 5.41) is 0.0559. The van der Waals surface area contributed by atoms with Gasteiger partial charge in [0.15, 0.2) is 5.78 Å². The molecule has 27 heavy (non-hydrogen) atoms. The van der Waals surface area contributed by atoms with Gasteiger partial charge in [0, 0.05) is 41.7 Å². The number of carbonyl (C=O) groups is 1. The van der Waals surface area contributed by atoms with Gasteiger partial charge >= 0.3 is 0 Å². The van der Waals surface area contributed by atoms with E-state index in [1.807, 2.05) is 41.5 Å². The molecule has 2 aromatic rings. The Morgan fingerprint density at radius 3 is 2.85 bits per heavy atom. The van der Waals surface area contributed by atoms with Gasteiger partial charge in [-0.1, -0.05) is 35.9 Å². The molecular weight excluding hydrogens is 363 g/mol. The minimum Gasteiger partial charge on any atom is -0.314 e. The number of Topliss-reactive ketones (excluding diaryl/α,β-unsaturated/α-hetero) is 1. The number of nitrogens with zero attached hydrogens (tertiary/aromatic N) is 2. The van der Waals surface area contributed by atoms with Gasteiger partial charge in [0.25, 0.3) is 0 Å². The Kier molecular flexibility index (Phi) is 4.50. The third kappa shape index (κ3) is 3.24. The van der Waals surface area contributed by atoms with E-state index in [0.717, 1.165) is 28.8 Å². The Balaban J connectivity index is 1.81. The number of hydrogen-bond donors (Lipinski definition) is 0. The van der Waals surface area contributed by atoms with Crippen LogP contribution in [0.5, 0.6) is 0 Å². The second-order valence-corrected chi connectivity index (χ2v) is 6.73. The van der Waals surface area contributed by atoms with E-state index < -0.39 is 5.82 Å². The predicted molar refractivity (Wildman–Crippen MR) is 105 cm³/mol. The van der Waals surface area contributed by atoms with Crippen LogP contribution in [0.3, 0.4) is 0 Å². The van der Waals surface area contributed by atoms with E-state index in [4.69, 9.17) is 11.6 Å². The van der Waals surface area contributed by atoms with E-state index in [1.54, 1.807) is 25.3 Å². The molecule has 3 heterocycles. The van der Waals surface area contributed by atoms with E-state index in [1.165, 1.54) is 6.07 Å². The number of ketones is 1. The first-order valence-corrected chi connectivity index (χ1v) is 8.93. The van der Waals surface area contributed by atoms with Crippen molar-refractivity contribution in [2.24, 2.45) is 0 Å². The zero-order valence-corrected chi connectivity index (χ0v) is 15.4. The monoisotopic (exact) mass is 378 g/mol. The van der Waals surface area contributed by atoms with Crippen molar-refractivity contribution in [1.29, 1.82) is 0 Å². The highest BCUT2D eigenvalue weighted by Crippen LogP contribution is 2.35. The summed E-state index contributed by atoms with van der Waals surface area (Å²) in [7, 11) is 0. The van der Waals surface area contributed by atoms with Crippen LogP contribution < -0.4 is 0 Å². The summed E-state index contributed by atoms with van der Waals surface area (Å²) in [5.74, 6) is -0.447. The Morgan fingerprint density at radius 1 is 1.22 bits per heavy atom. The van der Waals surface area contributed by atoms with E-state index in [2.05, 4.69) is 11.1 Å². The quantitative estimate of drug-likeness (QED) is 0.705. The van der Waals surface area contributed by atoms with Crippen molar-refractivity contribution in [3.05, 3.63) is 94.8 Å². The van der Waals surface area contributed by atoms with Crippen LogP contribution in [0.4, 0.5) is 4.39 Å². The molecule has 0 atom stereocenters. The zero-order chi connectivity index (χ0) is 19.0. The lowest BCUT2D eigenvalue weighted by Crippen LogP contribution is -2.24. The first-order valence-electron chi connectivity index (χ1n) is 8.56. The highest BCUT2D eigenvalue weighted by molar-refractivity contribution is 6.31. The maximum atomic E-state index is 13.5. The highest BCUT2D eigenvalue weighted by Gasteiger charge is 2.22. The average Bonchev–Trinajstić information content (AvgIpc) is 2.69. The second-order valence-electron chi connectivity index (χ2n) is 6.33. The normalized spacial score (nSPS) is 15.7. The number of allylic oxidation sites excluding steroid dienone is 6. The van der Waals surface area contributed by atoms with Crippen LogP contribution in [0.1, 0.15) is 18.9 Å². The molecule has 3 nitrogen and oxygen atoms in total. The van der Waals surface area contributed by atoms with Gasteiger partial charge in [0.1, 0.15) is 5.82 Å². The van der Waals surface area contributed by atoms with Crippen molar-refractivity contribution in [3.8, 4) is 11.3 Å². The molecule has 1 aromatic carbocycles. The Morgan fingerprint density at radius 2 is 2.07 bits per heavy atom. The van der Waals surface area contributed by atoms with E-state index >= 15 is 0 Å². The molecule has 0 unspecified atom stereocenters. The molecule has 4 rings (SSSR count). The first kappa shape index (κ1) is 17.4. The van der Waals surface area contributed by atoms with Crippen LogP contribution in [-0.4, -0.2) is 15.7 Å². The Bertz CT molecular complexity index is 1070. The molecule has 0 fully saturated rings. The van der Waals surface area contributed by atoms with E-state index in [9.17, 15) is 9.18 Å². The van der Waals surface area contributed by atoms with E-state index in [0.29, 0.717) is 11.4 Å². The van der Waals surface area contributed by atoms with Crippen molar-refractivity contribution in [2.75, 3.05) is 0 Å². The maximum Gasteiger partial charge on any atom is 0.176 e. The summed E-state index contributed by atoms with van der Waals surface area (Å²) in [6, 6.07) is 8.37. The van der Waals surface area contributed by atoms with Gasteiger partial charge < -0.3 is 4.90 Å². The Hall–Kier alpha value is -2.98. The molecule has 0 radical (unpaired) electrons. The number of fused-ring (bicyclic) bond motifs is 1. The van der Waals surface area contributed by atoms with Crippen LogP contribution in [0.15, 0.2) is 78.4 Å². The number of benzene rings is 1. The fourth-order valence-corrected chi connectivity index (χ4v) is 3.44. The molecule has 0 spiro atoms. The number of aromatic nitrogens is 1. The van der Waals surface area contributed by atoms with Gasteiger partial charge in [0.05, 0.1) is 16.4 Å². The van der Waals surface area contributed by atoms with Gasteiger partial charge in [-0.2, -0.15) is 0 Å². The minimum atomic E-state index is -0.464. The summed E-state index contributed by atoms with van der Waals surface area (Å²) >= 11 is 5.95. The van der Waals surface area contributed by atoms with Crippen LogP contribution in [0, 0.1) is 5.82 Å². The molecule has 0 aliphatic carbocycles. The molecule has 1 aromatic heterocycles. The number of carbonyl (C=O) groups excluding carboxylic acids is 1. The Labute approximate surface area is 161 Å². The summed E-state index contributed by atoms with van der Waals surface area (Å²) < 4.78 is 13.5. The van der Waals surface area contributed by atoms with Crippen LogP contribution in [0.25, 0.3) is 16.8 Å². The first-order chi connectivity index (χ1) is 13.0. The molecule has 0 saturated heterocycles. The molecule has 134 valence electrons. The van der Waals surface area contributed by atoms with Gasteiger partial charge in [-0.05, 0) is 36.8 Å². The molecular formula is C22H16ClFN2O. The van der Waals surface area contributed by atoms with Crippen molar-refractivity contribution in [2.45, 2.75) is 13.3 Å². The zero-order valence-electron chi connectivity index (χ0n) is 14.6. The SMILES string of the molecule is CC(=O)C1=CCC=C2C=CC(c3cccnc3-c3ccc(F)c(Cl)c3)=CN21. The number of hydrogen-bond acceptors (Lipinski definition) is 3. The van der Waals surface area contributed by atoms with Gasteiger partial charge in [-0.25, -0.2) is 4.39 Å². The topological polar surface area (TPSA) is 33.2 Å². The van der Waals surface area contributed by atoms with Gasteiger partial charge in [-0.15, -0.1) is 0 Å². The van der Waals surface area contributed by atoms with Crippen molar-refractivity contribution < 1.29 is 9.18 Å². The maximum absolute atomic E-state index is 13.5. The summed E-state index contributed by atoms with van der Waals surface area (Å²) in [6.07, 6.45) is 12.3. The summed E-state index contributed by atoms with van der Waals surface area (Å²) in [4.78, 5) is 18.4. The molecule has 5 heteroatoms. The number of halogens is 2. The molecule has 0 bridgehead atoms. The fraction of sp³-hybridized carbons (Fsp3) is 0.0909. The summed E-state index contributed by atoms with van der Waals surface area (Å²) in [6.45, 7) is 1.57. The van der Waals surface area contributed by atoms with Gasteiger partial charge in [0.2, 0.25) is 0 Å². The van der Waals surface area contributed by atoms with Gasteiger partial charge in [-0.3, -0.25) is 9.78 Å². The van der Waals surface area contributed by atoms with Crippen molar-refractivity contribution in [3.63, 3.8) is 0 Å². The van der Waals surface area contributed by atoms with Crippen molar-refractivity contribution in [1.82, 2.24) is 9.88 Å². The van der Waals surface area contributed by atoms with E-state index in [-0.39, 0.29) is 10.8 Å². The predicted octanol–water partition coefficient (Wildman–Crippen LogP) is 5.51. The molecule has 2 aliphatic heterocycles. The highest BCUT2D eigenvalue weighted by atomic mass is 35.5. The molecule has 0 saturated carbocycles. The lowest BCUT2D eigenvalue weighted by molar-refractivity contribution is -0.114. The van der Waals surface area contributed by atoms with Crippen LogP contribution in [0.2, 0.25) is 5.02 Å². The largest absolute Gasteiger partial charge is 0.314 e. The lowest BCUT2D eigenvalue weighted by Gasteiger charge is -2.30. The van der Waals surface area contributed by atoms with Crippen molar-refractivity contribution >= 4 is 23.0 Å². The standard InChI is InChI=1S/C22H16ClFN2O/c1-14(27)21-6-2-4-17-9-7-16(13-26(17)21)18-5-3-11-25-22(18)15-8-10-20(24)19(23)12-15/h3-13H,2H2,1H3. The fourth-order valence-electron chi connectivity index (χ4n) is 3.26. The average molecular weight is 379 g/mol. The molecule has 2 aliphatic rings. The number of pyridine rings is 1. The second kappa shape index (κ2) is 6.97. The minimum absolute atomic E-state index is 0.0169.